The van der Waals surface area contributed by atoms with Gasteiger partial charge in [0.15, 0.2) is 0 Å². The molecular weight excluding hydrogens is 202 g/mol. The average Bonchev–Trinajstić information content (AvgIpc) is 3.07. The Morgan fingerprint density at radius 1 is 1.31 bits per heavy atom. The molecule has 0 spiro atoms. The predicted octanol–water partition coefficient (Wildman–Crippen LogP) is 1.59. The van der Waals surface area contributed by atoms with E-state index in [9.17, 15) is 0 Å². The minimum Gasteiger partial charge on any atom is -0.494 e. The van der Waals surface area contributed by atoms with Crippen LogP contribution in [0, 0.1) is 0 Å². The molecule has 4 nitrogen and oxygen atoms in total. The van der Waals surface area contributed by atoms with Gasteiger partial charge in [-0.25, -0.2) is 9.97 Å². The largest absolute Gasteiger partial charge is 0.494 e. The third-order valence-electron chi connectivity index (χ3n) is 3.11. The van der Waals surface area contributed by atoms with E-state index in [1.165, 1.54) is 0 Å². The van der Waals surface area contributed by atoms with Crippen LogP contribution in [0.3, 0.4) is 0 Å². The number of hydrogen-bond acceptors (Lipinski definition) is 4. The van der Waals surface area contributed by atoms with Crippen molar-refractivity contribution in [1.82, 2.24) is 9.97 Å². The van der Waals surface area contributed by atoms with E-state index in [1.54, 1.807) is 13.4 Å². The van der Waals surface area contributed by atoms with Gasteiger partial charge in [0.2, 0.25) is 0 Å². The smallest absolute Gasteiger partial charge is 0.145 e. The molecule has 0 saturated heterocycles. The molecule has 1 aromatic carbocycles. The maximum atomic E-state index is 6.19. The lowest BCUT2D eigenvalue weighted by molar-refractivity contribution is 0.418. The molecule has 1 aliphatic carbocycles. The first-order chi connectivity index (χ1) is 7.74. The highest BCUT2D eigenvalue weighted by Crippen LogP contribution is 2.44. The SMILES string of the molecule is COc1cccc2c(C3(N)CC3)ncnc12. The maximum absolute atomic E-state index is 6.19. The van der Waals surface area contributed by atoms with Gasteiger partial charge in [-0.1, -0.05) is 12.1 Å². The number of hydrogen-bond donors (Lipinski definition) is 1. The standard InChI is InChI=1S/C12H13N3O/c1-16-9-4-2-3-8-10(9)14-7-15-11(8)12(13)5-6-12/h2-4,7H,5-6,13H2,1H3. The molecule has 0 radical (unpaired) electrons. The highest BCUT2D eigenvalue weighted by Gasteiger charge is 2.42. The molecule has 2 aromatic rings. The number of nitrogens with zero attached hydrogens (tertiary/aromatic N) is 2. The number of benzene rings is 1. The van der Waals surface area contributed by atoms with E-state index >= 15 is 0 Å². The molecule has 0 unspecified atom stereocenters. The Hall–Kier alpha value is -1.68. The molecule has 1 aromatic heterocycles. The van der Waals surface area contributed by atoms with Crippen molar-refractivity contribution < 1.29 is 4.74 Å². The Labute approximate surface area is 93.5 Å². The number of rotatable bonds is 2. The molecule has 16 heavy (non-hydrogen) atoms. The summed E-state index contributed by atoms with van der Waals surface area (Å²) in [6.07, 6.45) is 3.56. The number of para-hydroxylation sites is 1. The molecule has 82 valence electrons. The van der Waals surface area contributed by atoms with Crippen LogP contribution in [-0.4, -0.2) is 17.1 Å². The van der Waals surface area contributed by atoms with E-state index in [0.29, 0.717) is 0 Å². The van der Waals surface area contributed by atoms with E-state index < -0.39 is 0 Å². The molecule has 0 amide bonds. The normalized spacial score (nSPS) is 17.4. The van der Waals surface area contributed by atoms with Gasteiger partial charge in [-0.2, -0.15) is 0 Å². The van der Waals surface area contributed by atoms with E-state index in [4.69, 9.17) is 10.5 Å². The summed E-state index contributed by atoms with van der Waals surface area (Å²) in [7, 11) is 1.64. The average molecular weight is 215 g/mol. The van der Waals surface area contributed by atoms with Crippen molar-refractivity contribution in [3.05, 3.63) is 30.2 Å². The van der Waals surface area contributed by atoms with Gasteiger partial charge in [0.05, 0.1) is 18.3 Å². The quantitative estimate of drug-likeness (QED) is 0.826. The van der Waals surface area contributed by atoms with Gasteiger partial charge in [0, 0.05) is 5.39 Å². The number of aromatic nitrogens is 2. The van der Waals surface area contributed by atoms with Gasteiger partial charge in [0.25, 0.3) is 0 Å². The Kier molecular flexibility index (Phi) is 1.88. The van der Waals surface area contributed by atoms with Crippen LogP contribution in [0.4, 0.5) is 0 Å². The van der Waals surface area contributed by atoms with Crippen LogP contribution in [0.5, 0.6) is 5.75 Å². The molecule has 1 fully saturated rings. The Morgan fingerprint density at radius 3 is 2.81 bits per heavy atom. The van der Waals surface area contributed by atoms with Crippen molar-refractivity contribution in [3.8, 4) is 5.75 Å². The van der Waals surface area contributed by atoms with Crippen LogP contribution in [0.1, 0.15) is 18.5 Å². The van der Waals surface area contributed by atoms with Crippen molar-refractivity contribution >= 4 is 10.9 Å². The second-order valence-electron chi connectivity index (χ2n) is 4.23. The fraction of sp³-hybridized carbons (Fsp3) is 0.333. The molecule has 0 bridgehead atoms. The number of fused-ring (bicyclic) bond motifs is 1. The van der Waals surface area contributed by atoms with Crippen molar-refractivity contribution in [2.75, 3.05) is 7.11 Å². The molecule has 1 heterocycles. The predicted molar refractivity (Wildman–Crippen MR) is 61.2 cm³/mol. The summed E-state index contributed by atoms with van der Waals surface area (Å²) in [4.78, 5) is 8.59. The zero-order chi connectivity index (χ0) is 11.2. The van der Waals surface area contributed by atoms with E-state index in [1.807, 2.05) is 18.2 Å². The molecule has 1 saturated carbocycles. The van der Waals surface area contributed by atoms with Gasteiger partial charge in [0.1, 0.15) is 17.6 Å². The van der Waals surface area contributed by atoms with Crippen LogP contribution < -0.4 is 10.5 Å². The number of methoxy groups -OCH3 is 1. The van der Waals surface area contributed by atoms with Gasteiger partial charge in [-0.15, -0.1) is 0 Å². The number of ether oxygens (including phenoxy) is 1. The Morgan fingerprint density at radius 2 is 2.12 bits per heavy atom. The minimum atomic E-state index is -0.243. The van der Waals surface area contributed by atoms with E-state index in [-0.39, 0.29) is 5.54 Å². The van der Waals surface area contributed by atoms with Crippen molar-refractivity contribution in [2.24, 2.45) is 5.73 Å². The fourth-order valence-electron chi connectivity index (χ4n) is 1.99. The van der Waals surface area contributed by atoms with Crippen molar-refractivity contribution in [1.29, 1.82) is 0 Å². The minimum absolute atomic E-state index is 0.243. The third kappa shape index (κ3) is 1.27. The van der Waals surface area contributed by atoms with Gasteiger partial charge < -0.3 is 10.5 Å². The van der Waals surface area contributed by atoms with Crippen LogP contribution in [0.25, 0.3) is 10.9 Å². The van der Waals surface area contributed by atoms with Crippen molar-refractivity contribution in [3.63, 3.8) is 0 Å². The topological polar surface area (TPSA) is 61.0 Å². The first-order valence-corrected chi connectivity index (χ1v) is 5.32. The highest BCUT2D eigenvalue weighted by atomic mass is 16.5. The van der Waals surface area contributed by atoms with Gasteiger partial charge in [-0.3, -0.25) is 0 Å². The highest BCUT2D eigenvalue weighted by molar-refractivity contribution is 5.87. The summed E-state index contributed by atoms with van der Waals surface area (Å²) in [5, 5.41) is 1.00. The summed E-state index contributed by atoms with van der Waals surface area (Å²) in [5.41, 5.74) is 7.73. The van der Waals surface area contributed by atoms with Crippen molar-refractivity contribution in [2.45, 2.75) is 18.4 Å². The zero-order valence-corrected chi connectivity index (χ0v) is 9.10. The summed E-state index contributed by atoms with van der Waals surface area (Å²) < 4.78 is 5.28. The van der Waals surface area contributed by atoms with E-state index in [2.05, 4.69) is 9.97 Å². The maximum Gasteiger partial charge on any atom is 0.145 e. The summed E-state index contributed by atoms with van der Waals surface area (Å²) in [6, 6.07) is 5.84. The van der Waals surface area contributed by atoms with Crippen LogP contribution >= 0.6 is 0 Å². The van der Waals surface area contributed by atoms with Crippen LogP contribution in [0.15, 0.2) is 24.5 Å². The Balaban J connectivity index is 2.31. The lowest BCUT2D eigenvalue weighted by atomic mass is 10.1. The molecule has 1 aliphatic rings. The second kappa shape index (κ2) is 3.15. The molecular formula is C12H13N3O. The van der Waals surface area contributed by atoms with Gasteiger partial charge in [-0.05, 0) is 18.9 Å². The van der Waals surface area contributed by atoms with Gasteiger partial charge >= 0.3 is 0 Å². The van der Waals surface area contributed by atoms with Crippen LogP contribution in [0.2, 0.25) is 0 Å². The summed E-state index contributed by atoms with van der Waals surface area (Å²) in [6.45, 7) is 0. The molecule has 3 rings (SSSR count). The molecule has 0 atom stereocenters. The summed E-state index contributed by atoms with van der Waals surface area (Å²) in [5.74, 6) is 0.769. The lowest BCUT2D eigenvalue weighted by Gasteiger charge is -2.12. The Bertz CT molecular complexity index is 549. The fourth-order valence-corrected chi connectivity index (χ4v) is 1.99. The second-order valence-corrected chi connectivity index (χ2v) is 4.23. The molecule has 0 aliphatic heterocycles. The lowest BCUT2D eigenvalue weighted by Crippen LogP contribution is -2.20. The number of nitrogens with two attached hydrogens (primary N) is 1. The molecule has 2 N–H and O–H groups in total. The zero-order valence-electron chi connectivity index (χ0n) is 9.10. The van der Waals surface area contributed by atoms with Crippen LogP contribution in [-0.2, 0) is 5.54 Å². The first kappa shape index (κ1) is 9.54. The monoisotopic (exact) mass is 215 g/mol. The van der Waals surface area contributed by atoms with E-state index in [0.717, 1.165) is 35.2 Å². The first-order valence-electron chi connectivity index (χ1n) is 5.32. The molecule has 4 heteroatoms. The third-order valence-corrected chi connectivity index (χ3v) is 3.11. The summed E-state index contributed by atoms with van der Waals surface area (Å²) >= 11 is 0.